The van der Waals surface area contributed by atoms with Crippen LogP contribution < -0.4 is 10.8 Å². The molecule has 1 unspecified atom stereocenters. The summed E-state index contributed by atoms with van der Waals surface area (Å²) in [5.41, 5.74) is 6.57. The molecule has 2 aliphatic heterocycles. The van der Waals surface area contributed by atoms with Crippen molar-refractivity contribution in [3.05, 3.63) is 58.7 Å². The first-order valence-corrected chi connectivity index (χ1v) is 11.8. The number of carbonyl (C=O) groups excluding carboxylic acids is 1. The van der Waals surface area contributed by atoms with Crippen LogP contribution in [0.15, 0.2) is 36.4 Å². The second-order valence-corrected chi connectivity index (χ2v) is 8.96. The molecule has 34 heavy (non-hydrogen) atoms. The number of likely N-dealkylation sites (N-methyl/N-ethyl adjacent to an activating group) is 1. The zero-order chi connectivity index (χ0) is 24.2. The Morgan fingerprint density at radius 3 is 2.50 bits per heavy atom. The zero-order valence-electron chi connectivity index (χ0n) is 19.9. The first kappa shape index (κ1) is 24.1. The van der Waals surface area contributed by atoms with E-state index in [-0.39, 0.29) is 23.3 Å². The predicted molar refractivity (Wildman–Crippen MR) is 130 cm³/mol. The van der Waals surface area contributed by atoms with Gasteiger partial charge in [-0.15, -0.1) is 5.48 Å². The van der Waals surface area contributed by atoms with Gasteiger partial charge in [0.15, 0.2) is 11.8 Å². The lowest BCUT2D eigenvalue weighted by Crippen LogP contribution is -2.41. The van der Waals surface area contributed by atoms with Crippen molar-refractivity contribution in [2.24, 2.45) is 0 Å². The molecule has 1 amide bonds. The summed E-state index contributed by atoms with van der Waals surface area (Å²) in [5, 5.41) is 23.8. The highest BCUT2D eigenvalue weighted by Crippen LogP contribution is 2.41. The molecular weight excluding hydrogens is 434 g/mol. The number of hydrogen-bond donors (Lipinski definition) is 4. The Morgan fingerprint density at radius 1 is 1.15 bits per heavy atom. The van der Waals surface area contributed by atoms with Gasteiger partial charge in [0.2, 0.25) is 5.91 Å². The first-order valence-electron chi connectivity index (χ1n) is 11.8. The standard InChI is InChI=1S/C26H33N3O5/c1-4-27-26(32)24-23(18-7-5-17(6-8-18)15-29-9-11-33-12-10-29)25(34-28-24)20-13-19(16(2)3)21(30)14-22(20)31/h5-8,13-14,16,24,28,30-31H,4,9-12,15H2,1-3H3,(H,27,32). The van der Waals surface area contributed by atoms with Gasteiger partial charge in [0, 0.05) is 37.8 Å². The predicted octanol–water partition coefficient (Wildman–Crippen LogP) is 2.96. The summed E-state index contributed by atoms with van der Waals surface area (Å²) in [5.74, 6) is 0.106. The van der Waals surface area contributed by atoms with Crippen molar-refractivity contribution in [3.63, 3.8) is 0 Å². The van der Waals surface area contributed by atoms with Crippen LogP contribution in [0.5, 0.6) is 11.5 Å². The SMILES string of the molecule is CCNC(=O)C1NOC(c2cc(C(C)C)c(O)cc2O)=C1c1ccc(CN2CCOCC2)cc1. The molecule has 4 rings (SSSR count). The summed E-state index contributed by atoms with van der Waals surface area (Å²) in [4.78, 5) is 21.0. The highest BCUT2D eigenvalue weighted by molar-refractivity contribution is 6.05. The van der Waals surface area contributed by atoms with Crippen LogP contribution in [0.2, 0.25) is 0 Å². The lowest BCUT2D eigenvalue weighted by Gasteiger charge is -2.26. The minimum Gasteiger partial charge on any atom is -0.508 e. The summed E-state index contributed by atoms with van der Waals surface area (Å²) >= 11 is 0. The van der Waals surface area contributed by atoms with E-state index in [4.69, 9.17) is 9.57 Å². The molecule has 0 aliphatic carbocycles. The van der Waals surface area contributed by atoms with Crippen LogP contribution in [0.3, 0.4) is 0 Å². The molecule has 0 spiro atoms. The van der Waals surface area contributed by atoms with Crippen LogP contribution in [-0.2, 0) is 20.9 Å². The Hall–Kier alpha value is -3.07. The number of carbonyl (C=O) groups is 1. The quantitative estimate of drug-likeness (QED) is 0.496. The van der Waals surface area contributed by atoms with Gasteiger partial charge < -0.3 is 25.1 Å². The van der Waals surface area contributed by atoms with E-state index in [0.29, 0.717) is 29.0 Å². The van der Waals surface area contributed by atoms with E-state index in [2.05, 4.69) is 27.8 Å². The third-order valence-corrected chi connectivity index (χ3v) is 6.21. The molecule has 0 saturated carbocycles. The van der Waals surface area contributed by atoms with E-state index in [0.717, 1.165) is 38.4 Å². The number of nitrogens with one attached hydrogen (secondary N) is 2. The fourth-order valence-corrected chi connectivity index (χ4v) is 4.37. The molecule has 2 heterocycles. The third-order valence-electron chi connectivity index (χ3n) is 6.21. The van der Waals surface area contributed by atoms with Crippen LogP contribution in [0.25, 0.3) is 11.3 Å². The Kier molecular flexibility index (Phi) is 7.41. The largest absolute Gasteiger partial charge is 0.508 e. The number of benzene rings is 2. The van der Waals surface area contributed by atoms with Gasteiger partial charge in [0.25, 0.3) is 0 Å². The Morgan fingerprint density at radius 2 is 1.85 bits per heavy atom. The van der Waals surface area contributed by atoms with Gasteiger partial charge in [-0.25, -0.2) is 0 Å². The van der Waals surface area contributed by atoms with E-state index in [9.17, 15) is 15.0 Å². The number of ether oxygens (including phenoxy) is 1. The molecule has 2 aromatic rings. The number of amides is 1. The van der Waals surface area contributed by atoms with Gasteiger partial charge in [-0.1, -0.05) is 38.1 Å². The van der Waals surface area contributed by atoms with Crippen LogP contribution in [-0.4, -0.2) is 59.9 Å². The molecule has 2 aliphatic rings. The Bertz CT molecular complexity index is 1060. The third kappa shape index (κ3) is 5.04. The molecule has 0 radical (unpaired) electrons. The summed E-state index contributed by atoms with van der Waals surface area (Å²) in [6, 6.07) is 10.4. The van der Waals surface area contributed by atoms with Crippen LogP contribution >= 0.6 is 0 Å². The number of rotatable bonds is 7. The maximum absolute atomic E-state index is 12.8. The summed E-state index contributed by atoms with van der Waals surface area (Å²) in [7, 11) is 0. The smallest absolute Gasteiger partial charge is 0.245 e. The maximum Gasteiger partial charge on any atom is 0.245 e. The fraction of sp³-hybridized carbons (Fsp3) is 0.423. The minimum atomic E-state index is -0.740. The number of hydroxylamine groups is 1. The van der Waals surface area contributed by atoms with E-state index in [1.54, 1.807) is 6.07 Å². The monoisotopic (exact) mass is 467 g/mol. The van der Waals surface area contributed by atoms with Crippen molar-refractivity contribution in [3.8, 4) is 11.5 Å². The van der Waals surface area contributed by atoms with Crippen molar-refractivity contribution in [1.29, 1.82) is 0 Å². The molecule has 2 aromatic carbocycles. The van der Waals surface area contributed by atoms with E-state index in [1.807, 2.05) is 32.9 Å². The number of aromatic hydroxyl groups is 2. The van der Waals surface area contributed by atoms with Gasteiger partial charge >= 0.3 is 0 Å². The van der Waals surface area contributed by atoms with Crippen LogP contribution in [0.4, 0.5) is 0 Å². The summed E-state index contributed by atoms with van der Waals surface area (Å²) < 4.78 is 5.43. The van der Waals surface area contributed by atoms with Crippen molar-refractivity contribution < 1.29 is 24.6 Å². The molecule has 0 bridgehead atoms. The highest BCUT2D eigenvalue weighted by Gasteiger charge is 2.36. The average Bonchev–Trinajstić information content (AvgIpc) is 3.25. The van der Waals surface area contributed by atoms with Gasteiger partial charge in [0.05, 0.1) is 18.8 Å². The molecule has 1 saturated heterocycles. The molecule has 8 heteroatoms. The van der Waals surface area contributed by atoms with Crippen LogP contribution in [0.1, 0.15) is 48.9 Å². The topological polar surface area (TPSA) is 103 Å². The van der Waals surface area contributed by atoms with Crippen molar-refractivity contribution in [2.45, 2.75) is 39.3 Å². The zero-order valence-corrected chi connectivity index (χ0v) is 19.9. The van der Waals surface area contributed by atoms with Crippen molar-refractivity contribution >= 4 is 17.2 Å². The second kappa shape index (κ2) is 10.5. The second-order valence-electron chi connectivity index (χ2n) is 8.96. The molecule has 182 valence electrons. The lowest BCUT2D eigenvalue weighted by molar-refractivity contribution is -0.123. The number of morpholine rings is 1. The maximum atomic E-state index is 12.8. The molecule has 0 aromatic heterocycles. The van der Waals surface area contributed by atoms with Gasteiger partial charge in [-0.05, 0) is 35.6 Å². The first-order chi connectivity index (χ1) is 16.4. The van der Waals surface area contributed by atoms with Gasteiger partial charge in [-0.2, -0.15) is 0 Å². The molecule has 4 N–H and O–H groups in total. The van der Waals surface area contributed by atoms with Gasteiger partial charge in [0.1, 0.15) is 11.5 Å². The lowest BCUT2D eigenvalue weighted by atomic mass is 9.92. The number of phenols is 2. The molecule has 1 fully saturated rings. The Labute approximate surface area is 200 Å². The van der Waals surface area contributed by atoms with E-state index in [1.165, 1.54) is 11.6 Å². The number of hydrogen-bond acceptors (Lipinski definition) is 7. The van der Waals surface area contributed by atoms with Crippen molar-refractivity contribution in [1.82, 2.24) is 15.7 Å². The minimum absolute atomic E-state index is 0.0251. The van der Waals surface area contributed by atoms with Gasteiger partial charge in [-0.3, -0.25) is 9.69 Å². The average molecular weight is 468 g/mol. The molecule has 1 atom stereocenters. The van der Waals surface area contributed by atoms with Crippen molar-refractivity contribution in [2.75, 3.05) is 32.8 Å². The Balaban J connectivity index is 1.73. The van der Waals surface area contributed by atoms with E-state index < -0.39 is 6.04 Å². The fourth-order valence-electron chi connectivity index (χ4n) is 4.37. The summed E-state index contributed by atoms with van der Waals surface area (Å²) in [6.45, 7) is 10.4. The van der Waals surface area contributed by atoms with E-state index >= 15 is 0 Å². The molecule has 8 nitrogen and oxygen atoms in total. The summed E-state index contributed by atoms with van der Waals surface area (Å²) in [6.07, 6.45) is 0. The highest BCUT2D eigenvalue weighted by atomic mass is 16.7. The molecular formula is C26H33N3O5. The van der Waals surface area contributed by atoms with Crippen LogP contribution in [0, 0.1) is 0 Å². The number of nitrogens with zero attached hydrogens (tertiary/aromatic N) is 1. The normalized spacial score (nSPS) is 18.9. The number of phenolic OH excluding ortho intramolecular Hbond substituents is 2.